The Morgan fingerprint density at radius 1 is 0.941 bits per heavy atom. The molecule has 0 aliphatic heterocycles. The fourth-order valence-electron chi connectivity index (χ4n) is 1.77. The van der Waals surface area contributed by atoms with Gasteiger partial charge in [-0.2, -0.15) is 13.2 Å². The Balaban J connectivity index is 3.48. The minimum atomic E-state index is -4.33. The third-order valence-electron chi connectivity index (χ3n) is 2.72. The molecule has 0 nitrogen and oxygen atoms in total. The van der Waals surface area contributed by atoms with Gasteiger partial charge >= 0.3 is 6.18 Å². The fourth-order valence-corrected chi connectivity index (χ4v) is 2.16. The summed E-state index contributed by atoms with van der Waals surface area (Å²) in [7, 11) is 0. The maximum atomic E-state index is 12.9. The molecule has 0 N–H and O–H groups in total. The molecule has 0 aliphatic rings. The molecule has 4 heteroatoms. The summed E-state index contributed by atoms with van der Waals surface area (Å²) in [4.78, 5) is 0. The molecule has 96 valence electrons. The zero-order valence-corrected chi connectivity index (χ0v) is 11.1. The lowest BCUT2D eigenvalue weighted by Crippen LogP contribution is -2.11. The Labute approximate surface area is 105 Å². The second-order valence-electron chi connectivity index (χ2n) is 4.77. The van der Waals surface area contributed by atoms with Gasteiger partial charge in [-0.1, -0.05) is 39.3 Å². The lowest BCUT2D eigenvalue weighted by molar-refractivity contribution is -0.138. The van der Waals surface area contributed by atoms with Crippen LogP contribution in [0.25, 0.3) is 0 Å². The Morgan fingerprint density at radius 3 is 1.76 bits per heavy atom. The second-order valence-corrected chi connectivity index (χ2v) is 5.18. The zero-order valence-electron chi connectivity index (χ0n) is 10.3. The highest BCUT2D eigenvalue weighted by Crippen LogP contribution is 2.39. The molecule has 0 radical (unpaired) electrons. The highest BCUT2D eigenvalue weighted by molar-refractivity contribution is 6.31. The highest BCUT2D eigenvalue weighted by Gasteiger charge is 2.35. The van der Waals surface area contributed by atoms with Gasteiger partial charge in [-0.05, 0) is 35.1 Å². The summed E-state index contributed by atoms with van der Waals surface area (Å²) < 4.78 is 38.8. The Hall–Kier alpha value is -0.700. The van der Waals surface area contributed by atoms with E-state index in [1.165, 1.54) is 12.1 Å². The van der Waals surface area contributed by atoms with Crippen molar-refractivity contribution in [1.29, 1.82) is 0 Å². The Morgan fingerprint density at radius 2 is 1.41 bits per heavy atom. The van der Waals surface area contributed by atoms with Gasteiger partial charge in [0, 0.05) is 5.02 Å². The quantitative estimate of drug-likeness (QED) is 0.652. The summed E-state index contributed by atoms with van der Waals surface area (Å²) in [6, 6.07) is 2.63. The smallest absolute Gasteiger partial charge is 0.166 e. The van der Waals surface area contributed by atoms with Crippen molar-refractivity contribution in [2.24, 2.45) is 0 Å². The molecule has 1 aromatic carbocycles. The van der Waals surface area contributed by atoms with Crippen LogP contribution in [0, 0.1) is 0 Å². The van der Waals surface area contributed by atoms with Crippen molar-refractivity contribution in [2.45, 2.75) is 45.7 Å². The van der Waals surface area contributed by atoms with Crippen LogP contribution in [-0.2, 0) is 6.18 Å². The van der Waals surface area contributed by atoms with Crippen LogP contribution < -0.4 is 0 Å². The standard InChI is InChI=1S/C13H16ClF3/c1-7(2)9-6-12(14)10(8(3)4)5-11(9)13(15,16)17/h5-8H,1-4H3. The van der Waals surface area contributed by atoms with Gasteiger partial charge < -0.3 is 0 Å². The first-order valence-corrected chi connectivity index (χ1v) is 5.93. The van der Waals surface area contributed by atoms with Gasteiger partial charge in [-0.15, -0.1) is 0 Å². The average Bonchev–Trinajstić information content (AvgIpc) is 2.14. The van der Waals surface area contributed by atoms with Gasteiger partial charge in [0.05, 0.1) is 5.56 Å². The minimum absolute atomic E-state index is 0.0233. The Bertz CT molecular complexity index is 406. The topological polar surface area (TPSA) is 0 Å². The third-order valence-corrected chi connectivity index (χ3v) is 3.05. The molecular formula is C13H16ClF3. The van der Waals surface area contributed by atoms with Crippen LogP contribution in [-0.4, -0.2) is 0 Å². The van der Waals surface area contributed by atoms with Crippen molar-refractivity contribution in [1.82, 2.24) is 0 Å². The summed E-state index contributed by atoms with van der Waals surface area (Å²) in [5.41, 5.74) is 0.232. The maximum absolute atomic E-state index is 12.9. The number of hydrogen-bond acceptors (Lipinski definition) is 0. The van der Waals surface area contributed by atoms with E-state index in [0.717, 1.165) is 0 Å². The molecule has 0 amide bonds. The highest BCUT2D eigenvalue weighted by atomic mass is 35.5. The number of alkyl halides is 3. The van der Waals surface area contributed by atoms with Crippen LogP contribution in [0.4, 0.5) is 13.2 Å². The molecule has 0 atom stereocenters. The lowest BCUT2D eigenvalue weighted by Gasteiger charge is -2.19. The summed E-state index contributed by atoms with van der Waals surface area (Å²) in [5, 5.41) is 0.414. The van der Waals surface area contributed by atoms with Crippen molar-refractivity contribution >= 4 is 11.6 Å². The van der Waals surface area contributed by atoms with Gasteiger partial charge in [0.15, 0.2) is 0 Å². The molecule has 1 aromatic rings. The minimum Gasteiger partial charge on any atom is -0.166 e. The van der Waals surface area contributed by atoms with E-state index in [0.29, 0.717) is 10.6 Å². The molecule has 0 heterocycles. The van der Waals surface area contributed by atoms with E-state index < -0.39 is 11.7 Å². The summed E-state index contributed by atoms with van der Waals surface area (Å²) in [5.74, 6) is -0.227. The zero-order chi connectivity index (χ0) is 13.4. The van der Waals surface area contributed by atoms with Crippen LogP contribution in [0.3, 0.4) is 0 Å². The van der Waals surface area contributed by atoms with E-state index in [4.69, 9.17) is 11.6 Å². The monoisotopic (exact) mass is 264 g/mol. The summed E-state index contributed by atoms with van der Waals surface area (Å²) in [6.07, 6.45) is -4.33. The molecule has 1 rings (SSSR count). The molecule has 0 bridgehead atoms. The molecule has 0 saturated heterocycles. The summed E-state index contributed by atoms with van der Waals surface area (Å²) in [6.45, 7) is 7.12. The summed E-state index contributed by atoms with van der Waals surface area (Å²) >= 11 is 6.02. The maximum Gasteiger partial charge on any atom is 0.416 e. The molecule has 0 saturated carbocycles. The third kappa shape index (κ3) is 3.15. The van der Waals surface area contributed by atoms with Crippen molar-refractivity contribution in [2.75, 3.05) is 0 Å². The van der Waals surface area contributed by atoms with Gasteiger partial charge in [0.1, 0.15) is 0 Å². The van der Waals surface area contributed by atoms with Crippen molar-refractivity contribution < 1.29 is 13.2 Å². The van der Waals surface area contributed by atoms with E-state index in [1.54, 1.807) is 13.8 Å². The predicted octanol–water partition coefficient (Wildman–Crippen LogP) is 5.61. The average molecular weight is 265 g/mol. The normalized spacial score (nSPS) is 12.6. The molecule has 17 heavy (non-hydrogen) atoms. The number of hydrogen-bond donors (Lipinski definition) is 0. The van der Waals surface area contributed by atoms with E-state index >= 15 is 0 Å². The molecule has 0 aromatic heterocycles. The number of rotatable bonds is 2. The van der Waals surface area contributed by atoms with Gasteiger partial charge in [-0.3, -0.25) is 0 Å². The SMILES string of the molecule is CC(C)c1cc(C(F)(F)F)c(C(C)C)cc1Cl. The number of halogens is 4. The first-order valence-electron chi connectivity index (χ1n) is 5.55. The Kier molecular flexibility index (Phi) is 4.13. The molecule has 0 aliphatic carbocycles. The molecule has 0 spiro atoms. The van der Waals surface area contributed by atoms with Gasteiger partial charge in [0.2, 0.25) is 0 Å². The van der Waals surface area contributed by atoms with Crippen LogP contribution in [0.5, 0.6) is 0 Å². The lowest BCUT2D eigenvalue weighted by atomic mass is 9.91. The van der Waals surface area contributed by atoms with Gasteiger partial charge in [-0.25, -0.2) is 0 Å². The van der Waals surface area contributed by atoms with E-state index in [-0.39, 0.29) is 17.4 Å². The van der Waals surface area contributed by atoms with Crippen LogP contribution in [0.1, 0.15) is 56.2 Å². The molecular weight excluding hydrogens is 249 g/mol. The second kappa shape index (κ2) is 4.89. The fraction of sp³-hybridized carbons (Fsp3) is 0.538. The first-order chi connectivity index (χ1) is 7.64. The van der Waals surface area contributed by atoms with Gasteiger partial charge in [0.25, 0.3) is 0 Å². The van der Waals surface area contributed by atoms with Crippen molar-refractivity contribution in [3.05, 3.63) is 33.8 Å². The van der Waals surface area contributed by atoms with E-state index in [9.17, 15) is 13.2 Å². The van der Waals surface area contributed by atoms with E-state index in [2.05, 4.69) is 0 Å². The van der Waals surface area contributed by atoms with Crippen molar-refractivity contribution in [3.8, 4) is 0 Å². The first kappa shape index (κ1) is 14.4. The molecule has 0 fully saturated rings. The van der Waals surface area contributed by atoms with Crippen LogP contribution in [0.2, 0.25) is 5.02 Å². The van der Waals surface area contributed by atoms with Crippen molar-refractivity contribution in [3.63, 3.8) is 0 Å². The predicted molar refractivity (Wildman–Crippen MR) is 64.6 cm³/mol. The largest absolute Gasteiger partial charge is 0.416 e. The van der Waals surface area contributed by atoms with E-state index in [1.807, 2.05) is 13.8 Å². The van der Waals surface area contributed by atoms with Crippen LogP contribution in [0.15, 0.2) is 12.1 Å². The number of benzene rings is 1. The molecule has 0 unspecified atom stereocenters. The van der Waals surface area contributed by atoms with Crippen LogP contribution >= 0.6 is 11.6 Å².